The smallest absolute Gasteiger partial charge is 0.288 e. The van der Waals surface area contributed by atoms with Crippen LogP contribution in [0.25, 0.3) is 0 Å². The number of ether oxygens (including phenoxy) is 1. The lowest BCUT2D eigenvalue weighted by Crippen LogP contribution is -1.90. The van der Waals surface area contributed by atoms with Gasteiger partial charge in [0.05, 0.1) is 4.92 Å². The molecule has 2 aromatic rings. The second kappa shape index (κ2) is 6.43. The molecule has 0 saturated carbocycles. The summed E-state index contributed by atoms with van der Waals surface area (Å²) in [5.74, 6) is 0.938. The molecule has 0 aliphatic heterocycles. The van der Waals surface area contributed by atoms with E-state index in [1.54, 1.807) is 12.1 Å². The molecule has 0 radical (unpaired) electrons. The number of hydrogen-bond donors (Lipinski definition) is 0. The minimum absolute atomic E-state index is 0.0238. The molecule has 0 aliphatic carbocycles. The van der Waals surface area contributed by atoms with E-state index in [1.807, 2.05) is 6.07 Å². The minimum Gasteiger partial charge on any atom is -0.457 e. The first kappa shape index (κ1) is 15.1. The predicted molar refractivity (Wildman–Crippen MR) is 82.3 cm³/mol. The average molecular weight is 377 g/mol. The third kappa shape index (κ3) is 3.42. The van der Waals surface area contributed by atoms with Crippen LogP contribution in [0.15, 0.2) is 36.4 Å². The molecule has 4 nitrogen and oxygen atoms in total. The monoisotopic (exact) mass is 375 g/mol. The van der Waals surface area contributed by atoms with Crippen molar-refractivity contribution in [2.45, 2.75) is 5.33 Å². The molecular weight excluding hydrogens is 369 g/mol. The fourth-order valence-corrected chi connectivity index (χ4v) is 2.66. The van der Waals surface area contributed by atoms with Crippen LogP contribution in [0.5, 0.6) is 11.5 Å². The van der Waals surface area contributed by atoms with Crippen molar-refractivity contribution < 1.29 is 9.66 Å². The summed E-state index contributed by atoms with van der Waals surface area (Å²) in [7, 11) is 0. The Labute approximate surface area is 133 Å². The van der Waals surface area contributed by atoms with Crippen LogP contribution in [0.2, 0.25) is 10.0 Å². The summed E-state index contributed by atoms with van der Waals surface area (Å²) in [4.78, 5) is 10.1. The van der Waals surface area contributed by atoms with Crippen molar-refractivity contribution in [2.75, 3.05) is 0 Å². The quantitative estimate of drug-likeness (QED) is 0.397. The molecule has 0 amide bonds. The molecule has 0 N–H and O–H groups in total. The first-order valence-corrected chi connectivity index (χ1v) is 7.35. The third-order valence-electron chi connectivity index (χ3n) is 2.52. The van der Waals surface area contributed by atoms with Gasteiger partial charge in [0, 0.05) is 22.5 Å². The zero-order chi connectivity index (χ0) is 14.7. The lowest BCUT2D eigenvalue weighted by atomic mass is 10.2. The fourth-order valence-electron chi connectivity index (χ4n) is 1.54. The molecule has 0 bridgehead atoms. The maximum atomic E-state index is 10.7. The van der Waals surface area contributed by atoms with Gasteiger partial charge in [-0.15, -0.1) is 0 Å². The first-order valence-electron chi connectivity index (χ1n) is 5.47. The SMILES string of the molecule is O=[N+]([O-])c1ccc(Oc2ccc(CBr)c(Cl)c2)cc1Cl. The van der Waals surface area contributed by atoms with Gasteiger partial charge < -0.3 is 4.74 Å². The standard InChI is InChI=1S/C13H8BrCl2NO3/c14-7-8-1-2-9(5-11(8)15)20-10-3-4-13(17(18)19)12(16)6-10/h1-6H,7H2. The Kier molecular flexibility index (Phi) is 4.86. The maximum Gasteiger partial charge on any atom is 0.288 e. The molecule has 2 aromatic carbocycles. The van der Waals surface area contributed by atoms with Crippen molar-refractivity contribution >= 4 is 44.8 Å². The van der Waals surface area contributed by atoms with Gasteiger partial charge in [0.25, 0.3) is 5.69 Å². The Morgan fingerprint density at radius 3 is 2.20 bits per heavy atom. The van der Waals surface area contributed by atoms with Gasteiger partial charge in [0.15, 0.2) is 0 Å². The Hall–Kier alpha value is -1.30. The van der Waals surface area contributed by atoms with Crippen molar-refractivity contribution in [3.63, 3.8) is 0 Å². The number of nitrogens with zero attached hydrogens (tertiary/aromatic N) is 1. The van der Waals surface area contributed by atoms with Crippen molar-refractivity contribution in [1.82, 2.24) is 0 Å². The Bertz CT molecular complexity index is 664. The van der Waals surface area contributed by atoms with E-state index < -0.39 is 4.92 Å². The highest BCUT2D eigenvalue weighted by molar-refractivity contribution is 9.08. The summed E-state index contributed by atoms with van der Waals surface area (Å²) in [5.41, 5.74) is 0.785. The molecule has 0 aliphatic rings. The van der Waals surface area contributed by atoms with Crippen molar-refractivity contribution in [3.05, 3.63) is 62.1 Å². The topological polar surface area (TPSA) is 52.4 Å². The van der Waals surface area contributed by atoms with E-state index in [4.69, 9.17) is 27.9 Å². The van der Waals surface area contributed by atoms with Crippen LogP contribution in [-0.4, -0.2) is 4.92 Å². The summed E-state index contributed by atoms with van der Waals surface area (Å²) in [5, 5.41) is 11.9. The fraction of sp³-hybridized carbons (Fsp3) is 0.0769. The molecule has 7 heteroatoms. The molecule has 0 saturated heterocycles. The third-order valence-corrected chi connectivity index (χ3v) is 3.78. The van der Waals surface area contributed by atoms with Crippen LogP contribution in [0, 0.1) is 10.1 Å². The van der Waals surface area contributed by atoms with E-state index in [0.717, 1.165) is 5.56 Å². The molecule has 2 rings (SSSR count). The summed E-state index contributed by atoms with van der Waals surface area (Å²) >= 11 is 15.2. The van der Waals surface area contributed by atoms with Crippen LogP contribution >= 0.6 is 39.1 Å². The number of rotatable bonds is 4. The van der Waals surface area contributed by atoms with Crippen LogP contribution in [0.4, 0.5) is 5.69 Å². The molecule has 20 heavy (non-hydrogen) atoms. The molecule has 0 heterocycles. The van der Waals surface area contributed by atoms with Gasteiger partial charge in [-0.3, -0.25) is 10.1 Å². The lowest BCUT2D eigenvalue weighted by Gasteiger charge is -2.08. The number of nitro benzene ring substituents is 1. The van der Waals surface area contributed by atoms with E-state index >= 15 is 0 Å². The van der Waals surface area contributed by atoms with Crippen LogP contribution in [-0.2, 0) is 5.33 Å². The Morgan fingerprint density at radius 2 is 1.70 bits per heavy atom. The second-order valence-corrected chi connectivity index (χ2v) is 5.23. The molecular formula is C13H8BrCl2NO3. The van der Waals surface area contributed by atoms with Gasteiger partial charge in [0.1, 0.15) is 16.5 Å². The minimum atomic E-state index is -0.548. The number of benzene rings is 2. The predicted octanol–water partition coefficient (Wildman–Crippen LogP) is 5.59. The first-order chi connectivity index (χ1) is 9.51. The second-order valence-electron chi connectivity index (χ2n) is 3.86. The molecule has 0 atom stereocenters. The van der Waals surface area contributed by atoms with E-state index in [2.05, 4.69) is 15.9 Å². The zero-order valence-electron chi connectivity index (χ0n) is 9.98. The van der Waals surface area contributed by atoms with Crippen molar-refractivity contribution in [3.8, 4) is 11.5 Å². The van der Waals surface area contributed by atoms with Gasteiger partial charge in [-0.1, -0.05) is 45.2 Å². The summed E-state index contributed by atoms with van der Waals surface area (Å²) < 4.78 is 5.57. The zero-order valence-corrected chi connectivity index (χ0v) is 13.1. The van der Waals surface area contributed by atoms with Crippen LogP contribution < -0.4 is 4.74 Å². The van der Waals surface area contributed by atoms with Crippen LogP contribution in [0.3, 0.4) is 0 Å². The van der Waals surface area contributed by atoms with Gasteiger partial charge in [-0.25, -0.2) is 0 Å². The Morgan fingerprint density at radius 1 is 1.10 bits per heavy atom. The van der Waals surface area contributed by atoms with Gasteiger partial charge in [0.2, 0.25) is 0 Å². The maximum absolute atomic E-state index is 10.7. The number of hydrogen-bond acceptors (Lipinski definition) is 3. The highest BCUT2D eigenvalue weighted by Crippen LogP contribution is 2.32. The van der Waals surface area contributed by atoms with E-state index in [0.29, 0.717) is 21.9 Å². The molecule has 0 aromatic heterocycles. The molecule has 0 fully saturated rings. The number of nitro groups is 1. The van der Waals surface area contributed by atoms with E-state index in [9.17, 15) is 10.1 Å². The van der Waals surface area contributed by atoms with Crippen molar-refractivity contribution in [2.24, 2.45) is 0 Å². The normalized spacial score (nSPS) is 10.3. The summed E-state index contributed by atoms with van der Waals surface area (Å²) in [6.45, 7) is 0. The van der Waals surface area contributed by atoms with Gasteiger partial charge in [-0.2, -0.15) is 0 Å². The lowest BCUT2D eigenvalue weighted by molar-refractivity contribution is -0.384. The van der Waals surface area contributed by atoms with E-state index in [1.165, 1.54) is 18.2 Å². The largest absolute Gasteiger partial charge is 0.457 e. The summed E-state index contributed by atoms with van der Waals surface area (Å²) in [6.07, 6.45) is 0. The highest BCUT2D eigenvalue weighted by Gasteiger charge is 2.13. The summed E-state index contributed by atoms with van der Waals surface area (Å²) in [6, 6.07) is 9.44. The molecule has 104 valence electrons. The molecule has 0 unspecified atom stereocenters. The highest BCUT2D eigenvalue weighted by atomic mass is 79.9. The Balaban J connectivity index is 2.24. The molecule has 0 spiro atoms. The average Bonchev–Trinajstić information content (AvgIpc) is 2.38. The number of alkyl halides is 1. The van der Waals surface area contributed by atoms with Crippen molar-refractivity contribution in [1.29, 1.82) is 0 Å². The number of halogens is 3. The van der Waals surface area contributed by atoms with Gasteiger partial charge >= 0.3 is 0 Å². The van der Waals surface area contributed by atoms with Gasteiger partial charge in [-0.05, 0) is 23.8 Å². The van der Waals surface area contributed by atoms with Crippen LogP contribution in [0.1, 0.15) is 5.56 Å². The van der Waals surface area contributed by atoms with E-state index in [-0.39, 0.29) is 10.7 Å².